The third-order valence-electron chi connectivity index (χ3n) is 4.71. The monoisotopic (exact) mass is 483 g/mol. The SMILES string of the molecule is C/C=C/COc1cc(C)c(OCCCCOc2ccc(/C(=N/OC)C(F)(F)F)cc2F)c(C)c1. The lowest BCUT2D eigenvalue weighted by Crippen LogP contribution is -2.24. The van der Waals surface area contributed by atoms with E-state index in [9.17, 15) is 17.6 Å². The quantitative estimate of drug-likeness (QED) is 0.113. The lowest BCUT2D eigenvalue weighted by atomic mass is 10.1. The number of alkyl halides is 3. The maximum Gasteiger partial charge on any atom is 0.437 e. The van der Waals surface area contributed by atoms with Crippen molar-refractivity contribution in [3.8, 4) is 17.2 Å². The second-order valence-corrected chi connectivity index (χ2v) is 7.44. The fraction of sp³-hybridized carbons (Fsp3) is 0.400. The van der Waals surface area contributed by atoms with E-state index >= 15 is 0 Å². The Morgan fingerprint density at radius 3 is 2.18 bits per heavy atom. The number of hydrogen-bond donors (Lipinski definition) is 0. The molecule has 0 saturated carbocycles. The maximum absolute atomic E-state index is 14.2. The van der Waals surface area contributed by atoms with E-state index in [0.717, 1.165) is 47.9 Å². The zero-order chi connectivity index (χ0) is 25.1. The number of allylic oxidation sites excluding steroid dienone is 1. The number of oxime groups is 1. The summed E-state index contributed by atoms with van der Waals surface area (Å²) < 4.78 is 70.2. The first kappa shape index (κ1) is 27.0. The van der Waals surface area contributed by atoms with Gasteiger partial charge in [-0.1, -0.05) is 17.3 Å². The summed E-state index contributed by atoms with van der Waals surface area (Å²) in [5.74, 6) is 0.519. The van der Waals surface area contributed by atoms with E-state index in [2.05, 4.69) is 9.99 Å². The van der Waals surface area contributed by atoms with Gasteiger partial charge in [0.15, 0.2) is 17.3 Å². The molecule has 0 bridgehead atoms. The van der Waals surface area contributed by atoms with Gasteiger partial charge in [-0.2, -0.15) is 13.2 Å². The number of unbranched alkanes of at least 4 members (excludes halogenated alkanes) is 1. The predicted octanol–water partition coefficient (Wildman–Crippen LogP) is 6.55. The molecule has 0 aliphatic heterocycles. The molecule has 2 aromatic carbocycles. The van der Waals surface area contributed by atoms with Crippen molar-refractivity contribution in [2.24, 2.45) is 5.16 Å². The van der Waals surface area contributed by atoms with Gasteiger partial charge >= 0.3 is 6.18 Å². The molecule has 9 heteroatoms. The molecule has 0 fully saturated rings. The Morgan fingerprint density at radius 1 is 0.971 bits per heavy atom. The van der Waals surface area contributed by atoms with Gasteiger partial charge in [0.1, 0.15) is 25.2 Å². The van der Waals surface area contributed by atoms with Crippen molar-refractivity contribution >= 4 is 5.71 Å². The highest BCUT2D eigenvalue weighted by Gasteiger charge is 2.38. The van der Waals surface area contributed by atoms with Crippen LogP contribution in [0.5, 0.6) is 17.2 Å². The molecule has 0 saturated heterocycles. The van der Waals surface area contributed by atoms with Gasteiger partial charge in [-0.3, -0.25) is 0 Å². The molecular formula is C25H29F4NO4. The number of ether oxygens (including phenoxy) is 3. The van der Waals surface area contributed by atoms with Crippen molar-refractivity contribution in [2.75, 3.05) is 26.9 Å². The molecule has 2 rings (SSSR count). The van der Waals surface area contributed by atoms with Gasteiger partial charge in [0.25, 0.3) is 0 Å². The maximum atomic E-state index is 14.2. The summed E-state index contributed by atoms with van der Waals surface area (Å²) in [5, 5.41) is 2.95. The molecule has 2 aromatic rings. The summed E-state index contributed by atoms with van der Waals surface area (Å²) in [5.41, 5.74) is 0.158. The lowest BCUT2D eigenvalue weighted by molar-refractivity contribution is -0.0608. The minimum absolute atomic E-state index is 0.135. The molecule has 0 aliphatic carbocycles. The van der Waals surface area contributed by atoms with Crippen LogP contribution in [0.4, 0.5) is 17.6 Å². The summed E-state index contributed by atoms with van der Waals surface area (Å²) in [6.45, 7) is 6.95. The minimum Gasteiger partial charge on any atom is -0.493 e. The summed E-state index contributed by atoms with van der Waals surface area (Å²) in [4.78, 5) is 4.22. The van der Waals surface area contributed by atoms with Crippen LogP contribution < -0.4 is 14.2 Å². The van der Waals surface area contributed by atoms with Crippen molar-refractivity contribution in [1.29, 1.82) is 0 Å². The van der Waals surface area contributed by atoms with E-state index in [1.54, 1.807) is 0 Å². The van der Waals surface area contributed by atoms with Crippen LogP contribution in [0.25, 0.3) is 0 Å². The highest BCUT2D eigenvalue weighted by atomic mass is 19.4. The number of aryl methyl sites for hydroxylation is 2. The van der Waals surface area contributed by atoms with Crippen molar-refractivity contribution in [2.45, 2.75) is 39.8 Å². The molecule has 0 atom stereocenters. The van der Waals surface area contributed by atoms with Crippen LogP contribution in [0.2, 0.25) is 0 Å². The smallest absolute Gasteiger partial charge is 0.437 e. The summed E-state index contributed by atoms with van der Waals surface area (Å²) in [6, 6.07) is 6.79. The van der Waals surface area contributed by atoms with Crippen LogP contribution in [0, 0.1) is 19.7 Å². The first-order valence-corrected chi connectivity index (χ1v) is 10.8. The Labute approximate surface area is 197 Å². The molecular weight excluding hydrogens is 454 g/mol. The molecule has 186 valence electrons. The topological polar surface area (TPSA) is 49.3 Å². The van der Waals surface area contributed by atoms with E-state index in [4.69, 9.17) is 14.2 Å². The van der Waals surface area contributed by atoms with Crippen LogP contribution in [0.3, 0.4) is 0 Å². The molecule has 0 radical (unpaired) electrons. The molecule has 34 heavy (non-hydrogen) atoms. The summed E-state index contributed by atoms with van der Waals surface area (Å²) >= 11 is 0. The zero-order valence-electron chi connectivity index (χ0n) is 19.7. The van der Waals surface area contributed by atoms with Gasteiger partial charge in [0.05, 0.1) is 13.2 Å². The largest absolute Gasteiger partial charge is 0.493 e. The standard InChI is InChI=1S/C25H29F4NO4/c1-5-6-11-32-20-14-17(2)23(18(3)15-20)34-13-8-7-12-33-22-10-9-19(16-21(22)26)24(30-31-4)25(27,28)29/h5-6,9-10,14-16H,7-8,11-13H2,1-4H3/b6-5+,30-24-. The lowest BCUT2D eigenvalue weighted by Gasteiger charge is -2.14. The highest BCUT2D eigenvalue weighted by Crippen LogP contribution is 2.29. The van der Waals surface area contributed by atoms with Crippen LogP contribution in [0.1, 0.15) is 36.5 Å². The molecule has 0 N–H and O–H groups in total. The van der Waals surface area contributed by atoms with E-state index in [1.165, 1.54) is 0 Å². The average molecular weight is 484 g/mol. The van der Waals surface area contributed by atoms with Crippen LogP contribution in [0.15, 0.2) is 47.6 Å². The normalized spacial score (nSPS) is 12.2. The Bertz CT molecular complexity index is 980. The van der Waals surface area contributed by atoms with Crippen molar-refractivity contribution in [3.63, 3.8) is 0 Å². The van der Waals surface area contributed by atoms with Crippen molar-refractivity contribution in [3.05, 3.63) is 65.0 Å². The average Bonchev–Trinajstić information content (AvgIpc) is 2.76. The van der Waals surface area contributed by atoms with Gasteiger partial charge in [-0.05, 0) is 75.1 Å². The fourth-order valence-corrected chi connectivity index (χ4v) is 3.15. The van der Waals surface area contributed by atoms with E-state index in [1.807, 2.05) is 45.1 Å². The van der Waals surface area contributed by atoms with Gasteiger partial charge in [-0.15, -0.1) is 0 Å². The number of nitrogens with zero attached hydrogens (tertiary/aromatic N) is 1. The Balaban J connectivity index is 1.83. The Morgan fingerprint density at radius 2 is 1.62 bits per heavy atom. The highest BCUT2D eigenvalue weighted by molar-refractivity contribution is 6.04. The predicted molar refractivity (Wildman–Crippen MR) is 122 cm³/mol. The Hall–Kier alpha value is -3.23. The van der Waals surface area contributed by atoms with E-state index < -0.39 is 23.3 Å². The van der Waals surface area contributed by atoms with Gasteiger partial charge in [0, 0.05) is 5.56 Å². The van der Waals surface area contributed by atoms with Gasteiger partial charge in [0.2, 0.25) is 0 Å². The Kier molecular flexibility index (Phi) is 10.2. The van der Waals surface area contributed by atoms with Crippen LogP contribution in [-0.2, 0) is 4.84 Å². The molecule has 0 aromatic heterocycles. The van der Waals surface area contributed by atoms with Crippen molar-refractivity contribution in [1.82, 2.24) is 0 Å². The summed E-state index contributed by atoms with van der Waals surface area (Å²) in [6.07, 6.45) is 0.291. The molecule has 0 unspecified atom stereocenters. The minimum atomic E-state index is -4.78. The molecule has 0 heterocycles. The van der Waals surface area contributed by atoms with Gasteiger partial charge < -0.3 is 19.0 Å². The van der Waals surface area contributed by atoms with Crippen LogP contribution >= 0.6 is 0 Å². The first-order valence-electron chi connectivity index (χ1n) is 10.8. The first-order chi connectivity index (χ1) is 16.2. The fourth-order valence-electron chi connectivity index (χ4n) is 3.15. The second kappa shape index (κ2) is 12.9. The third-order valence-corrected chi connectivity index (χ3v) is 4.71. The molecule has 5 nitrogen and oxygen atoms in total. The van der Waals surface area contributed by atoms with E-state index in [-0.39, 0.29) is 12.4 Å². The van der Waals surface area contributed by atoms with Crippen molar-refractivity contribution < 1.29 is 36.6 Å². The zero-order valence-corrected chi connectivity index (χ0v) is 19.7. The van der Waals surface area contributed by atoms with Crippen LogP contribution in [-0.4, -0.2) is 38.8 Å². The number of rotatable bonds is 12. The summed E-state index contributed by atoms with van der Waals surface area (Å²) in [7, 11) is 0.988. The number of halogens is 4. The molecule has 0 spiro atoms. The third kappa shape index (κ3) is 7.97. The number of benzene rings is 2. The van der Waals surface area contributed by atoms with Gasteiger partial charge in [-0.25, -0.2) is 4.39 Å². The molecule has 0 aliphatic rings. The molecule has 0 amide bonds. The number of hydrogen-bond acceptors (Lipinski definition) is 5. The second-order valence-electron chi connectivity index (χ2n) is 7.44. The van der Waals surface area contributed by atoms with E-state index in [0.29, 0.717) is 26.1 Å².